The summed E-state index contributed by atoms with van der Waals surface area (Å²) in [7, 11) is 1.63. The Labute approximate surface area is 180 Å². The number of carbonyl (C=O) groups excluding carboxylic acids is 1. The predicted octanol–water partition coefficient (Wildman–Crippen LogP) is 4.68. The van der Waals surface area contributed by atoms with Crippen LogP contribution in [0.5, 0.6) is 0 Å². The Hall–Kier alpha value is -2.11. The minimum Gasteiger partial charge on any atom is -0.453 e. The molecule has 0 N–H and O–H groups in total. The number of amides is 1. The molecule has 0 aliphatic carbocycles. The van der Waals surface area contributed by atoms with E-state index in [1.165, 1.54) is 24.0 Å². The van der Waals surface area contributed by atoms with Crippen molar-refractivity contribution >= 4 is 5.91 Å². The van der Waals surface area contributed by atoms with Gasteiger partial charge in [-0.15, -0.1) is 0 Å². The minimum atomic E-state index is 0.00984. The molecule has 1 unspecified atom stereocenters. The smallest absolute Gasteiger partial charge is 0.289 e. The zero-order chi connectivity index (χ0) is 21.1. The van der Waals surface area contributed by atoms with Gasteiger partial charge in [0.15, 0.2) is 5.76 Å². The highest BCUT2D eigenvalue weighted by Gasteiger charge is 2.43. The molecule has 1 atom stereocenters. The number of piperidine rings is 1. The van der Waals surface area contributed by atoms with Crippen molar-refractivity contribution in [3.05, 3.63) is 59.0 Å². The van der Waals surface area contributed by atoms with E-state index in [2.05, 4.69) is 43.0 Å². The van der Waals surface area contributed by atoms with Gasteiger partial charge in [0.25, 0.3) is 5.91 Å². The number of nitrogens with zero attached hydrogens (tertiary/aromatic N) is 2. The maximum Gasteiger partial charge on any atom is 0.289 e. The molecule has 4 rings (SSSR count). The van der Waals surface area contributed by atoms with E-state index in [-0.39, 0.29) is 11.3 Å². The first-order valence-electron chi connectivity index (χ1n) is 11.2. The largest absolute Gasteiger partial charge is 0.453 e. The third-order valence-corrected chi connectivity index (χ3v) is 6.68. The van der Waals surface area contributed by atoms with Gasteiger partial charge in [-0.05, 0) is 55.0 Å². The van der Waals surface area contributed by atoms with E-state index < -0.39 is 0 Å². The van der Waals surface area contributed by atoms with E-state index in [0.717, 1.165) is 39.1 Å². The normalized spacial score (nSPS) is 22.3. The highest BCUT2D eigenvalue weighted by atomic mass is 16.5. The Kier molecular flexibility index (Phi) is 6.30. The zero-order valence-corrected chi connectivity index (χ0v) is 18.5. The zero-order valence-electron chi connectivity index (χ0n) is 18.5. The summed E-state index contributed by atoms with van der Waals surface area (Å²) >= 11 is 0. The van der Waals surface area contributed by atoms with Gasteiger partial charge >= 0.3 is 0 Å². The van der Waals surface area contributed by atoms with E-state index in [0.29, 0.717) is 24.0 Å². The fraction of sp³-hybridized carbons (Fsp3) is 0.560. The monoisotopic (exact) mass is 410 g/mol. The van der Waals surface area contributed by atoms with Crippen LogP contribution in [0, 0.1) is 5.41 Å². The fourth-order valence-electron chi connectivity index (χ4n) is 5.02. The first-order valence-corrected chi connectivity index (χ1v) is 11.2. The van der Waals surface area contributed by atoms with Gasteiger partial charge in [0.1, 0.15) is 12.4 Å². The summed E-state index contributed by atoms with van der Waals surface area (Å²) in [5, 5.41) is 0. The second kappa shape index (κ2) is 8.94. The maximum atomic E-state index is 12.9. The lowest BCUT2D eigenvalue weighted by atomic mass is 9.79. The summed E-state index contributed by atoms with van der Waals surface area (Å²) in [6.45, 7) is 9.70. The minimum absolute atomic E-state index is 0.00984. The Morgan fingerprint density at radius 3 is 2.63 bits per heavy atom. The van der Waals surface area contributed by atoms with E-state index >= 15 is 0 Å². The third-order valence-electron chi connectivity index (χ3n) is 6.68. The molecule has 1 aromatic heterocycles. The summed E-state index contributed by atoms with van der Waals surface area (Å²) in [5.74, 6) is 1.70. The summed E-state index contributed by atoms with van der Waals surface area (Å²) in [5.41, 5.74) is 2.99. The van der Waals surface area contributed by atoms with Crippen LogP contribution >= 0.6 is 0 Å². The van der Waals surface area contributed by atoms with Gasteiger partial charge in [-0.3, -0.25) is 9.69 Å². The second-order valence-corrected chi connectivity index (χ2v) is 9.39. The molecule has 1 amide bonds. The third kappa shape index (κ3) is 4.62. The van der Waals surface area contributed by atoms with Gasteiger partial charge in [-0.25, -0.2) is 0 Å². The molecular weight excluding hydrogens is 376 g/mol. The number of hydrogen-bond acceptors (Lipinski definition) is 4. The molecule has 2 aromatic rings. The fourth-order valence-corrected chi connectivity index (χ4v) is 5.02. The van der Waals surface area contributed by atoms with E-state index in [9.17, 15) is 4.79 Å². The van der Waals surface area contributed by atoms with Crippen molar-refractivity contribution in [1.29, 1.82) is 0 Å². The molecule has 0 bridgehead atoms. The van der Waals surface area contributed by atoms with Crippen LogP contribution < -0.4 is 0 Å². The topological polar surface area (TPSA) is 45.9 Å². The van der Waals surface area contributed by atoms with E-state index in [1.807, 2.05) is 11.0 Å². The maximum absolute atomic E-state index is 12.9. The molecular formula is C25H34N2O3. The van der Waals surface area contributed by atoms with Crippen molar-refractivity contribution < 1.29 is 13.9 Å². The van der Waals surface area contributed by atoms with Crippen LogP contribution in [0.25, 0.3) is 0 Å². The Morgan fingerprint density at radius 2 is 1.90 bits per heavy atom. The average Bonchev–Trinajstić information content (AvgIpc) is 3.36. The Morgan fingerprint density at radius 1 is 1.10 bits per heavy atom. The van der Waals surface area contributed by atoms with Crippen LogP contribution in [-0.4, -0.2) is 49.0 Å². The van der Waals surface area contributed by atoms with Crippen molar-refractivity contribution in [1.82, 2.24) is 9.80 Å². The van der Waals surface area contributed by atoms with Gasteiger partial charge in [-0.2, -0.15) is 0 Å². The molecule has 0 saturated carbocycles. The van der Waals surface area contributed by atoms with Crippen molar-refractivity contribution in [3.63, 3.8) is 0 Å². The van der Waals surface area contributed by atoms with Crippen LogP contribution in [0.2, 0.25) is 0 Å². The number of rotatable bonds is 6. The number of carbonyl (C=O) groups is 1. The standard InChI is InChI=1S/C25H34N2O3/c1-19(2)21-7-5-20(6-8-21)15-26-13-4-11-25(17-26)12-14-27(18-25)24(28)23-10-9-22(30-23)16-29-3/h5-10,19H,4,11-18H2,1-3H3. The number of furan rings is 1. The summed E-state index contributed by atoms with van der Waals surface area (Å²) in [6, 6.07) is 12.7. The number of ether oxygens (including phenoxy) is 1. The number of methoxy groups -OCH3 is 1. The molecule has 2 saturated heterocycles. The molecule has 3 heterocycles. The van der Waals surface area contributed by atoms with E-state index in [1.54, 1.807) is 13.2 Å². The Balaban J connectivity index is 1.37. The predicted molar refractivity (Wildman–Crippen MR) is 117 cm³/mol. The Bertz CT molecular complexity index is 858. The van der Waals surface area contributed by atoms with Gasteiger partial charge in [-0.1, -0.05) is 38.1 Å². The van der Waals surface area contributed by atoms with Crippen molar-refractivity contribution in [2.75, 3.05) is 33.3 Å². The summed E-state index contributed by atoms with van der Waals surface area (Å²) < 4.78 is 10.8. The molecule has 1 aromatic carbocycles. The molecule has 2 fully saturated rings. The highest BCUT2D eigenvalue weighted by molar-refractivity contribution is 5.91. The number of hydrogen-bond donors (Lipinski definition) is 0. The summed E-state index contributed by atoms with van der Waals surface area (Å²) in [4.78, 5) is 17.5. The molecule has 5 nitrogen and oxygen atoms in total. The quantitative estimate of drug-likeness (QED) is 0.694. The SMILES string of the molecule is COCc1ccc(C(=O)N2CCC3(CCCN(Cc4ccc(C(C)C)cc4)C3)C2)o1. The lowest BCUT2D eigenvalue weighted by Crippen LogP contribution is -2.45. The molecule has 5 heteroatoms. The molecule has 1 spiro atoms. The second-order valence-electron chi connectivity index (χ2n) is 9.39. The molecule has 2 aliphatic rings. The van der Waals surface area contributed by atoms with Crippen LogP contribution in [-0.2, 0) is 17.9 Å². The molecule has 2 aliphatic heterocycles. The number of benzene rings is 1. The summed E-state index contributed by atoms with van der Waals surface area (Å²) in [6.07, 6.45) is 3.48. The van der Waals surface area contributed by atoms with Gasteiger partial charge in [0.05, 0.1) is 0 Å². The lowest BCUT2D eigenvalue weighted by Gasteiger charge is -2.40. The average molecular weight is 411 g/mol. The van der Waals surface area contributed by atoms with Gasteiger partial charge in [0.2, 0.25) is 0 Å². The van der Waals surface area contributed by atoms with Gasteiger partial charge < -0.3 is 14.1 Å². The molecule has 162 valence electrons. The van der Waals surface area contributed by atoms with Crippen molar-refractivity contribution in [2.24, 2.45) is 5.41 Å². The van der Waals surface area contributed by atoms with Crippen molar-refractivity contribution in [2.45, 2.75) is 52.2 Å². The van der Waals surface area contributed by atoms with Crippen LogP contribution in [0.1, 0.15) is 66.5 Å². The first kappa shape index (κ1) is 21.1. The molecule has 30 heavy (non-hydrogen) atoms. The first-order chi connectivity index (χ1) is 14.5. The van der Waals surface area contributed by atoms with E-state index in [4.69, 9.17) is 9.15 Å². The van der Waals surface area contributed by atoms with Crippen molar-refractivity contribution in [3.8, 4) is 0 Å². The number of likely N-dealkylation sites (tertiary alicyclic amines) is 2. The van der Waals surface area contributed by atoms with Crippen LogP contribution in [0.4, 0.5) is 0 Å². The lowest BCUT2D eigenvalue weighted by molar-refractivity contribution is 0.0646. The van der Waals surface area contributed by atoms with Crippen LogP contribution in [0.3, 0.4) is 0 Å². The van der Waals surface area contributed by atoms with Crippen LogP contribution in [0.15, 0.2) is 40.8 Å². The highest BCUT2D eigenvalue weighted by Crippen LogP contribution is 2.40. The van der Waals surface area contributed by atoms with Gasteiger partial charge in [0, 0.05) is 38.7 Å². The molecule has 0 radical (unpaired) electrons.